The summed E-state index contributed by atoms with van der Waals surface area (Å²) in [6, 6.07) is 0. The molecule has 2 nitrogen and oxygen atoms in total. The number of alkyl halides is 1. The van der Waals surface area contributed by atoms with Crippen molar-refractivity contribution >= 4 is 21.9 Å². The Bertz CT molecular complexity index is 256. The minimum atomic E-state index is 0.0339. The van der Waals surface area contributed by atoms with Crippen molar-refractivity contribution in [2.45, 2.75) is 104 Å². The molecule has 138 valence electrons. The molecule has 0 aliphatic carbocycles. The van der Waals surface area contributed by atoms with E-state index >= 15 is 0 Å². The monoisotopic (exact) mass is 390 g/mol. The van der Waals surface area contributed by atoms with Gasteiger partial charge in [0.25, 0.3) is 0 Å². The van der Waals surface area contributed by atoms with Crippen molar-refractivity contribution in [3.05, 3.63) is 0 Å². The Kier molecular flexibility index (Phi) is 18.3. The number of esters is 1. The van der Waals surface area contributed by atoms with Crippen molar-refractivity contribution in [1.82, 2.24) is 0 Å². The normalized spacial score (nSPS) is 12.3. The van der Waals surface area contributed by atoms with Crippen LogP contribution in [0.5, 0.6) is 0 Å². The number of ether oxygens (including phenoxy) is 1. The fraction of sp³-hybridized carbons (Fsp3) is 0.950. The Morgan fingerprint density at radius 2 is 1.30 bits per heavy atom. The van der Waals surface area contributed by atoms with Crippen LogP contribution in [-0.2, 0) is 9.53 Å². The van der Waals surface area contributed by atoms with Crippen LogP contribution in [0.4, 0.5) is 0 Å². The third kappa shape index (κ3) is 15.2. The van der Waals surface area contributed by atoms with E-state index in [0.717, 1.165) is 31.0 Å². The van der Waals surface area contributed by atoms with E-state index in [2.05, 4.69) is 29.8 Å². The molecule has 0 radical (unpaired) electrons. The molecule has 0 rings (SSSR count). The van der Waals surface area contributed by atoms with Gasteiger partial charge in [0.15, 0.2) is 0 Å². The molecule has 0 spiro atoms. The molecule has 0 saturated heterocycles. The zero-order valence-corrected chi connectivity index (χ0v) is 17.2. The first kappa shape index (κ1) is 22.9. The standard InChI is InChI=1S/C20H39BrO2/c1-3-5-7-9-11-13-15-19(16-17-21)20(22)23-18-14-12-10-8-6-4-2/h19H,3-18H2,1-2H3. The van der Waals surface area contributed by atoms with E-state index in [9.17, 15) is 4.79 Å². The van der Waals surface area contributed by atoms with Gasteiger partial charge in [-0.05, 0) is 19.3 Å². The third-order valence-electron chi connectivity index (χ3n) is 4.44. The number of hydrogen-bond acceptors (Lipinski definition) is 2. The Labute approximate surface area is 153 Å². The number of carbonyl (C=O) groups excluding carboxylic acids is 1. The molecule has 0 heterocycles. The van der Waals surface area contributed by atoms with Crippen LogP contribution < -0.4 is 0 Å². The molecule has 1 unspecified atom stereocenters. The largest absolute Gasteiger partial charge is 0.465 e. The van der Waals surface area contributed by atoms with E-state index in [1.54, 1.807) is 0 Å². The van der Waals surface area contributed by atoms with Crippen molar-refractivity contribution in [3.63, 3.8) is 0 Å². The van der Waals surface area contributed by atoms with Gasteiger partial charge in [0, 0.05) is 5.33 Å². The number of rotatable bonds is 17. The van der Waals surface area contributed by atoms with Gasteiger partial charge in [-0.15, -0.1) is 0 Å². The van der Waals surface area contributed by atoms with E-state index in [4.69, 9.17) is 4.74 Å². The number of halogens is 1. The highest BCUT2D eigenvalue weighted by atomic mass is 79.9. The summed E-state index contributed by atoms with van der Waals surface area (Å²) in [5.74, 6) is 0.132. The molecule has 0 amide bonds. The number of unbranched alkanes of at least 4 members (excludes halogenated alkanes) is 10. The predicted octanol–water partition coefficient (Wildman–Crippen LogP) is 7.04. The first-order valence-corrected chi connectivity index (χ1v) is 11.1. The van der Waals surface area contributed by atoms with Crippen molar-refractivity contribution in [1.29, 1.82) is 0 Å². The van der Waals surface area contributed by atoms with Gasteiger partial charge in [-0.2, -0.15) is 0 Å². The maximum atomic E-state index is 12.2. The molecule has 1 atom stereocenters. The number of carbonyl (C=O) groups is 1. The Morgan fingerprint density at radius 3 is 1.87 bits per heavy atom. The summed E-state index contributed by atoms with van der Waals surface area (Å²) in [6.45, 7) is 5.09. The lowest BCUT2D eigenvalue weighted by atomic mass is 9.98. The molecule has 0 aromatic carbocycles. The molecule has 0 aromatic rings. The molecule has 23 heavy (non-hydrogen) atoms. The maximum absolute atomic E-state index is 12.2. The Hall–Kier alpha value is -0.0500. The molecular formula is C20H39BrO2. The molecule has 0 saturated carbocycles. The molecule has 0 bridgehead atoms. The van der Waals surface area contributed by atoms with Gasteiger partial charge in [0.1, 0.15) is 0 Å². The summed E-state index contributed by atoms with van der Waals surface area (Å²) in [6.07, 6.45) is 17.0. The zero-order chi connectivity index (χ0) is 17.2. The van der Waals surface area contributed by atoms with Crippen LogP contribution in [0.25, 0.3) is 0 Å². The van der Waals surface area contributed by atoms with E-state index in [0.29, 0.717) is 6.61 Å². The zero-order valence-electron chi connectivity index (χ0n) is 15.6. The van der Waals surface area contributed by atoms with Crippen molar-refractivity contribution in [2.75, 3.05) is 11.9 Å². The van der Waals surface area contributed by atoms with Gasteiger partial charge >= 0.3 is 5.97 Å². The first-order chi connectivity index (χ1) is 11.3. The van der Waals surface area contributed by atoms with Gasteiger partial charge in [-0.1, -0.05) is 100 Å². The third-order valence-corrected chi connectivity index (χ3v) is 4.90. The smallest absolute Gasteiger partial charge is 0.308 e. The summed E-state index contributed by atoms with van der Waals surface area (Å²) in [5, 5.41) is 0.889. The van der Waals surface area contributed by atoms with Gasteiger partial charge < -0.3 is 4.74 Å². The van der Waals surface area contributed by atoms with Gasteiger partial charge in [-0.25, -0.2) is 0 Å². The molecule has 0 aromatic heterocycles. The fourth-order valence-corrected chi connectivity index (χ4v) is 3.41. The fourth-order valence-electron chi connectivity index (χ4n) is 2.86. The summed E-state index contributed by atoms with van der Waals surface area (Å²) >= 11 is 3.47. The van der Waals surface area contributed by atoms with E-state index in [1.807, 2.05) is 0 Å². The van der Waals surface area contributed by atoms with Crippen molar-refractivity contribution < 1.29 is 9.53 Å². The molecule has 0 fully saturated rings. The summed E-state index contributed by atoms with van der Waals surface area (Å²) < 4.78 is 5.50. The van der Waals surface area contributed by atoms with Gasteiger partial charge in [0.05, 0.1) is 12.5 Å². The highest BCUT2D eigenvalue weighted by Gasteiger charge is 2.18. The maximum Gasteiger partial charge on any atom is 0.308 e. The van der Waals surface area contributed by atoms with Crippen LogP contribution >= 0.6 is 15.9 Å². The second-order valence-electron chi connectivity index (χ2n) is 6.67. The van der Waals surface area contributed by atoms with Crippen molar-refractivity contribution in [2.24, 2.45) is 5.92 Å². The highest BCUT2D eigenvalue weighted by molar-refractivity contribution is 9.09. The molecule has 0 N–H and O–H groups in total. The summed E-state index contributed by atoms with van der Waals surface area (Å²) in [5.41, 5.74) is 0. The van der Waals surface area contributed by atoms with Crippen molar-refractivity contribution in [3.8, 4) is 0 Å². The van der Waals surface area contributed by atoms with Gasteiger partial charge in [-0.3, -0.25) is 4.79 Å². The van der Waals surface area contributed by atoms with Crippen LogP contribution in [0.1, 0.15) is 104 Å². The molecule has 3 heteroatoms. The first-order valence-electron chi connectivity index (χ1n) is 9.98. The Morgan fingerprint density at radius 1 is 0.783 bits per heavy atom. The number of hydrogen-bond donors (Lipinski definition) is 0. The van der Waals surface area contributed by atoms with Gasteiger partial charge in [0.2, 0.25) is 0 Å². The topological polar surface area (TPSA) is 26.3 Å². The van der Waals surface area contributed by atoms with E-state index < -0.39 is 0 Å². The minimum Gasteiger partial charge on any atom is -0.465 e. The lowest BCUT2D eigenvalue weighted by Crippen LogP contribution is -2.19. The van der Waals surface area contributed by atoms with E-state index in [1.165, 1.54) is 64.2 Å². The van der Waals surface area contributed by atoms with Crippen LogP contribution in [0, 0.1) is 5.92 Å². The predicted molar refractivity (Wildman–Crippen MR) is 104 cm³/mol. The second kappa shape index (κ2) is 18.3. The average Bonchev–Trinajstić information content (AvgIpc) is 2.56. The van der Waals surface area contributed by atoms with Crippen LogP contribution in [0.3, 0.4) is 0 Å². The Balaban J connectivity index is 3.70. The quantitative estimate of drug-likeness (QED) is 0.151. The second-order valence-corrected chi connectivity index (χ2v) is 7.46. The molecule has 0 aliphatic heterocycles. The van der Waals surface area contributed by atoms with Crippen LogP contribution in [-0.4, -0.2) is 17.9 Å². The van der Waals surface area contributed by atoms with E-state index in [-0.39, 0.29) is 11.9 Å². The SMILES string of the molecule is CCCCCCCCOC(=O)C(CCBr)CCCCCCCC. The van der Waals surface area contributed by atoms with Crippen LogP contribution in [0.2, 0.25) is 0 Å². The van der Waals surface area contributed by atoms with Crippen LogP contribution in [0.15, 0.2) is 0 Å². The average molecular weight is 391 g/mol. The summed E-state index contributed by atoms with van der Waals surface area (Å²) in [4.78, 5) is 12.2. The minimum absolute atomic E-state index is 0.0339. The lowest BCUT2D eigenvalue weighted by Gasteiger charge is -2.15. The molecular weight excluding hydrogens is 352 g/mol. The summed E-state index contributed by atoms with van der Waals surface area (Å²) in [7, 11) is 0. The molecule has 0 aliphatic rings. The highest BCUT2D eigenvalue weighted by Crippen LogP contribution is 2.18. The lowest BCUT2D eigenvalue weighted by molar-refractivity contribution is -0.149.